The first kappa shape index (κ1) is 21.2. The molecule has 0 aliphatic heterocycles. The van der Waals surface area contributed by atoms with Gasteiger partial charge >= 0.3 is 0 Å². The fraction of sp³-hybridized carbons (Fsp3) is 0.357. The third-order valence-electron chi connectivity index (χ3n) is 6.52. The van der Waals surface area contributed by atoms with Crippen molar-refractivity contribution in [1.82, 2.24) is 0 Å². The van der Waals surface area contributed by atoms with Crippen LogP contribution in [0, 0.1) is 0 Å². The van der Waals surface area contributed by atoms with E-state index >= 15 is 0 Å². The van der Waals surface area contributed by atoms with Crippen molar-refractivity contribution in [2.75, 3.05) is 4.90 Å². The van der Waals surface area contributed by atoms with Gasteiger partial charge < -0.3 is 4.90 Å². The van der Waals surface area contributed by atoms with E-state index in [-0.39, 0.29) is 10.8 Å². The molecule has 0 aromatic heterocycles. The summed E-state index contributed by atoms with van der Waals surface area (Å²) < 4.78 is 0. The number of rotatable bonds is 7. The molecule has 0 amide bonds. The Balaban J connectivity index is 2.23. The van der Waals surface area contributed by atoms with Crippen molar-refractivity contribution in [2.45, 2.75) is 65.2 Å². The van der Waals surface area contributed by atoms with Crippen LogP contribution < -0.4 is 4.90 Å². The molecule has 0 spiro atoms. The monoisotopic (exact) mass is 385 g/mol. The minimum absolute atomic E-state index is 0.122. The van der Waals surface area contributed by atoms with E-state index in [0.29, 0.717) is 0 Å². The van der Waals surface area contributed by atoms with Crippen LogP contribution in [0.15, 0.2) is 78.9 Å². The Morgan fingerprint density at radius 1 is 0.552 bits per heavy atom. The molecular weight excluding hydrogens is 350 g/mol. The van der Waals surface area contributed by atoms with Gasteiger partial charge in [0.25, 0.3) is 0 Å². The van der Waals surface area contributed by atoms with Crippen LogP contribution in [0.5, 0.6) is 0 Å². The predicted molar refractivity (Wildman–Crippen MR) is 128 cm³/mol. The molecule has 0 N–H and O–H groups in total. The summed E-state index contributed by atoms with van der Waals surface area (Å²) >= 11 is 0. The second kappa shape index (κ2) is 8.45. The average Bonchev–Trinajstić information content (AvgIpc) is 2.75. The summed E-state index contributed by atoms with van der Waals surface area (Å²) in [5.74, 6) is 0. The van der Waals surface area contributed by atoms with Crippen molar-refractivity contribution in [1.29, 1.82) is 0 Å². The molecule has 3 rings (SSSR count). The largest absolute Gasteiger partial charge is 0.310 e. The maximum atomic E-state index is 2.43. The Morgan fingerprint density at radius 2 is 1.00 bits per heavy atom. The van der Waals surface area contributed by atoms with Gasteiger partial charge in [-0.1, -0.05) is 84.0 Å². The molecule has 0 aliphatic carbocycles. The molecule has 29 heavy (non-hydrogen) atoms. The Hall–Kier alpha value is -2.54. The minimum Gasteiger partial charge on any atom is -0.310 e. The van der Waals surface area contributed by atoms with Gasteiger partial charge in [0.05, 0.1) is 0 Å². The van der Waals surface area contributed by atoms with Crippen molar-refractivity contribution in [3.63, 3.8) is 0 Å². The highest BCUT2D eigenvalue weighted by Crippen LogP contribution is 2.42. The van der Waals surface area contributed by atoms with Gasteiger partial charge in [0.15, 0.2) is 0 Å². The highest BCUT2D eigenvalue weighted by atomic mass is 15.1. The summed E-state index contributed by atoms with van der Waals surface area (Å²) in [5.41, 5.74) is 6.79. The Bertz CT molecular complexity index is 884. The predicted octanol–water partition coefficient (Wildman–Crippen LogP) is 8.53. The molecular formula is C28H35N. The summed E-state index contributed by atoms with van der Waals surface area (Å²) in [6, 6.07) is 28.4. The van der Waals surface area contributed by atoms with E-state index in [1.807, 2.05) is 0 Å². The number of para-hydroxylation sites is 2. The minimum atomic E-state index is 0.122. The molecule has 0 heterocycles. The van der Waals surface area contributed by atoms with Gasteiger partial charge in [0.2, 0.25) is 0 Å². The lowest BCUT2D eigenvalue weighted by Crippen LogP contribution is -2.26. The first-order valence-electron chi connectivity index (χ1n) is 10.9. The maximum absolute atomic E-state index is 2.43. The van der Waals surface area contributed by atoms with E-state index in [4.69, 9.17) is 0 Å². The standard InChI is InChI=1S/C28H35N/c1-7-27(3,4)25-20-19-24(21-26(25)28(5,6)8-2)29(22-15-11-9-12-16-22)23-17-13-10-14-18-23/h9-21H,7-8H2,1-6H3. The van der Waals surface area contributed by atoms with E-state index in [1.165, 1.54) is 28.2 Å². The molecule has 0 bridgehead atoms. The summed E-state index contributed by atoms with van der Waals surface area (Å²) in [7, 11) is 0. The van der Waals surface area contributed by atoms with E-state index in [1.54, 1.807) is 0 Å². The Morgan fingerprint density at radius 3 is 1.45 bits per heavy atom. The van der Waals surface area contributed by atoms with Crippen LogP contribution in [-0.4, -0.2) is 0 Å². The lowest BCUT2D eigenvalue weighted by Gasteiger charge is -2.35. The normalized spacial score (nSPS) is 12.1. The van der Waals surface area contributed by atoms with Crippen molar-refractivity contribution < 1.29 is 0 Å². The molecule has 0 radical (unpaired) electrons. The number of nitrogens with zero attached hydrogens (tertiary/aromatic N) is 1. The summed E-state index contributed by atoms with van der Waals surface area (Å²) in [4.78, 5) is 2.36. The summed E-state index contributed by atoms with van der Waals surface area (Å²) in [6.07, 6.45) is 2.24. The molecule has 0 saturated carbocycles. The molecule has 0 aliphatic rings. The lowest BCUT2D eigenvalue weighted by molar-refractivity contribution is 0.455. The van der Waals surface area contributed by atoms with Crippen LogP contribution in [0.2, 0.25) is 0 Å². The van der Waals surface area contributed by atoms with Gasteiger partial charge in [-0.25, -0.2) is 0 Å². The topological polar surface area (TPSA) is 3.24 Å². The molecule has 0 saturated heterocycles. The van der Waals surface area contributed by atoms with Crippen LogP contribution in [-0.2, 0) is 10.8 Å². The van der Waals surface area contributed by atoms with E-state index in [9.17, 15) is 0 Å². The SMILES string of the molecule is CCC(C)(C)c1ccc(N(c2ccccc2)c2ccccc2)cc1C(C)(C)CC. The van der Waals surface area contributed by atoms with Gasteiger partial charge in [-0.15, -0.1) is 0 Å². The van der Waals surface area contributed by atoms with E-state index < -0.39 is 0 Å². The van der Waals surface area contributed by atoms with Crippen molar-refractivity contribution in [3.05, 3.63) is 90.0 Å². The van der Waals surface area contributed by atoms with Crippen LogP contribution in [0.1, 0.15) is 65.5 Å². The van der Waals surface area contributed by atoms with Crippen LogP contribution >= 0.6 is 0 Å². The second-order valence-corrected chi connectivity index (χ2v) is 9.21. The molecule has 3 aromatic carbocycles. The molecule has 3 aromatic rings. The molecule has 0 unspecified atom stereocenters. The van der Waals surface area contributed by atoms with E-state index in [0.717, 1.165) is 12.8 Å². The van der Waals surface area contributed by atoms with Crippen LogP contribution in [0.4, 0.5) is 17.1 Å². The summed E-state index contributed by atoms with van der Waals surface area (Å²) in [5, 5.41) is 0. The zero-order chi connectivity index (χ0) is 21.1. The zero-order valence-electron chi connectivity index (χ0n) is 18.9. The highest BCUT2D eigenvalue weighted by molar-refractivity contribution is 5.77. The Kier molecular flexibility index (Phi) is 6.17. The number of hydrogen-bond acceptors (Lipinski definition) is 1. The van der Waals surface area contributed by atoms with Crippen LogP contribution in [0.25, 0.3) is 0 Å². The third-order valence-corrected chi connectivity index (χ3v) is 6.52. The first-order valence-corrected chi connectivity index (χ1v) is 10.9. The molecule has 1 heteroatoms. The molecule has 0 fully saturated rings. The lowest BCUT2D eigenvalue weighted by atomic mass is 9.71. The number of benzene rings is 3. The van der Waals surface area contributed by atoms with Crippen molar-refractivity contribution in [3.8, 4) is 0 Å². The quantitative estimate of drug-likeness (QED) is 0.394. The molecule has 0 atom stereocenters. The smallest absolute Gasteiger partial charge is 0.0464 e. The highest BCUT2D eigenvalue weighted by Gasteiger charge is 2.29. The maximum Gasteiger partial charge on any atom is 0.0464 e. The second-order valence-electron chi connectivity index (χ2n) is 9.21. The van der Waals surface area contributed by atoms with Gasteiger partial charge in [-0.2, -0.15) is 0 Å². The fourth-order valence-corrected chi connectivity index (χ4v) is 3.80. The van der Waals surface area contributed by atoms with E-state index in [2.05, 4.69) is 125 Å². The molecule has 152 valence electrons. The Labute approximate surface area is 177 Å². The van der Waals surface area contributed by atoms with Gasteiger partial charge in [0.1, 0.15) is 0 Å². The zero-order valence-corrected chi connectivity index (χ0v) is 18.9. The fourth-order valence-electron chi connectivity index (χ4n) is 3.80. The van der Waals surface area contributed by atoms with Gasteiger partial charge in [-0.05, 0) is 71.2 Å². The number of anilines is 3. The van der Waals surface area contributed by atoms with Crippen molar-refractivity contribution in [2.24, 2.45) is 0 Å². The number of hydrogen-bond donors (Lipinski definition) is 0. The van der Waals surface area contributed by atoms with Gasteiger partial charge in [0, 0.05) is 17.1 Å². The molecule has 1 nitrogen and oxygen atoms in total. The van der Waals surface area contributed by atoms with Crippen molar-refractivity contribution >= 4 is 17.1 Å². The van der Waals surface area contributed by atoms with Crippen LogP contribution in [0.3, 0.4) is 0 Å². The van der Waals surface area contributed by atoms with Gasteiger partial charge in [-0.3, -0.25) is 0 Å². The summed E-state index contributed by atoms with van der Waals surface area (Å²) in [6.45, 7) is 14.1. The third kappa shape index (κ3) is 4.40. The average molecular weight is 386 g/mol. The first-order chi connectivity index (χ1) is 13.8.